The molecule has 1 aliphatic rings. The van der Waals surface area contributed by atoms with Crippen molar-refractivity contribution in [3.8, 4) is 0 Å². The van der Waals surface area contributed by atoms with Gasteiger partial charge in [0.05, 0.1) is 0 Å². The predicted octanol–water partition coefficient (Wildman–Crippen LogP) is 7.04. The van der Waals surface area contributed by atoms with Crippen LogP contribution in [0.2, 0.25) is 0 Å². The molecule has 0 aromatic rings. The van der Waals surface area contributed by atoms with Crippen LogP contribution in [0.25, 0.3) is 0 Å². The van der Waals surface area contributed by atoms with Crippen LogP contribution in [0.15, 0.2) is 0 Å². The molecule has 0 radical (unpaired) electrons. The second-order valence-corrected chi connectivity index (χ2v) is 8.36. The molecule has 0 aromatic carbocycles. The van der Waals surface area contributed by atoms with Crippen molar-refractivity contribution >= 4 is 0 Å². The largest absolute Gasteiger partial charge is 0.0651 e. The van der Waals surface area contributed by atoms with Crippen molar-refractivity contribution in [2.75, 3.05) is 0 Å². The Kier molecular flexibility index (Phi) is 7.79. The molecule has 0 N–H and O–H groups in total. The molecule has 1 fully saturated rings. The van der Waals surface area contributed by atoms with Gasteiger partial charge in [0.25, 0.3) is 0 Å². The average Bonchev–Trinajstić information content (AvgIpc) is 3.13. The van der Waals surface area contributed by atoms with E-state index in [1.807, 2.05) is 0 Å². The summed E-state index contributed by atoms with van der Waals surface area (Å²) in [5, 5.41) is 0. The van der Waals surface area contributed by atoms with E-state index in [0.29, 0.717) is 0 Å². The highest BCUT2D eigenvalue weighted by atomic mass is 14.5. The molecule has 0 heterocycles. The maximum Gasteiger partial charge on any atom is -0.0324 e. The highest BCUT2D eigenvalue weighted by Crippen LogP contribution is 2.55. The molecule has 0 heteroatoms. The molecule has 0 bridgehead atoms. The van der Waals surface area contributed by atoms with Gasteiger partial charge in [0.15, 0.2) is 0 Å². The van der Waals surface area contributed by atoms with Crippen LogP contribution in [0, 0.1) is 47.3 Å². The normalized spacial score (nSPS) is 32.3. The Balaban J connectivity index is 2.43. The third kappa shape index (κ3) is 4.73. The van der Waals surface area contributed by atoms with Gasteiger partial charge < -0.3 is 0 Å². The standard InChI is InChI=1S/C21H42/c1-9-14(4)17(7)15(5)12-13-16(6)19(10-2)21-18(8)20(21)11-3/h14-21H,9-13H2,1-8H3. The molecule has 0 saturated heterocycles. The van der Waals surface area contributed by atoms with Gasteiger partial charge in [-0.15, -0.1) is 0 Å². The minimum absolute atomic E-state index is 0.880. The Morgan fingerprint density at radius 1 is 0.762 bits per heavy atom. The fourth-order valence-corrected chi connectivity index (χ4v) is 4.92. The lowest BCUT2D eigenvalue weighted by Gasteiger charge is -2.29. The zero-order valence-corrected chi connectivity index (χ0v) is 16.2. The fraction of sp³-hybridized carbons (Fsp3) is 1.00. The molecule has 0 spiro atoms. The van der Waals surface area contributed by atoms with Crippen LogP contribution in [0.3, 0.4) is 0 Å². The molecular formula is C21H42. The summed E-state index contributed by atoms with van der Waals surface area (Å²) in [4.78, 5) is 0. The van der Waals surface area contributed by atoms with Crippen LogP contribution in [0.1, 0.15) is 87.5 Å². The molecule has 0 nitrogen and oxygen atoms in total. The topological polar surface area (TPSA) is 0 Å². The molecule has 0 amide bonds. The zero-order chi connectivity index (χ0) is 16.2. The van der Waals surface area contributed by atoms with Crippen LogP contribution in [0.5, 0.6) is 0 Å². The highest BCUT2D eigenvalue weighted by Gasteiger charge is 2.49. The van der Waals surface area contributed by atoms with Crippen molar-refractivity contribution in [2.24, 2.45) is 47.3 Å². The summed E-state index contributed by atoms with van der Waals surface area (Å²) in [6.45, 7) is 19.5. The molecule has 0 aliphatic heterocycles. The maximum atomic E-state index is 2.53. The van der Waals surface area contributed by atoms with Crippen molar-refractivity contribution in [1.29, 1.82) is 0 Å². The van der Waals surface area contributed by atoms with Gasteiger partial charge in [0.1, 0.15) is 0 Å². The Labute approximate surface area is 135 Å². The fourth-order valence-electron chi connectivity index (χ4n) is 4.92. The first-order valence-corrected chi connectivity index (χ1v) is 9.88. The van der Waals surface area contributed by atoms with Crippen molar-refractivity contribution < 1.29 is 0 Å². The van der Waals surface area contributed by atoms with Gasteiger partial charge in [0, 0.05) is 0 Å². The van der Waals surface area contributed by atoms with Crippen LogP contribution in [-0.4, -0.2) is 0 Å². The second kappa shape index (κ2) is 8.59. The van der Waals surface area contributed by atoms with Gasteiger partial charge in [-0.2, -0.15) is 0 Å². The smallest absolute Gasteiger partial charge is 0.0324 e. The first-order chi connectivity index (χ1) is 9.88. The number of rotatable bonds is 10. The van der Waals surface area contributed by atoms with Crippen LogP contribution in [-0.2, 0) is 0 Å². The Morgan fingerprint density at radius 2 is 1.33 bits per heavy atom. The van der Waals surface area contributed by atoms with E-state index >= 15 is 0 Å². The predicted molar refractivity (Wildman–Crippen MR) is 96.4 cm³/mol. The zero-order valence-electron chi connectivity index (χ0n) is 16.2. The summed E-state index contributed by atoms with van der Waals surface area (Å²) in [5.74, 6) is 7.63. The highest BCUT2D eigenvalue weighted by molar-refractivity contribution is 4.98. The first kappa shape index (κ1) is 19.0. The van der Waals surface area contributed by atoms with E-state index in [0.717, 1.165) is 47.3 Å². The molecule has 8 unspecified atom stereocenters. The maximum absolute atomic E-state index is 2.53. The Hall–Kier alpha value is 0. The van der Waals surface area contributed by atoms with Crippen molar-refractivity contribution in [3.63, 3.8) is 0 Å². The van der Waals surface area contributed by atoms with Gasteiger partial charge in [0.2, 0.25) is 0 Å². The van der Waals surface area contributed by atoms with E-state index in [2.05, 4.69) is 55.4 Å². The third-order valence-corrected chi connectivity index (χ3v) is 7.32. The average molecular weight is 295 g/mol. The second-order valence-electron chi connectivity index (χ2n) is 8.36. The number of hydrogen-bond acceptors (Lipinski definition) is 0. The van der Waals surface area contributed by atoms with E-state index in [4.69, 9.17) is 0 Å². The monoisotopic (exact) mass is 294 g/mol. The van der Waals surface area contributed by atoms with Gasteiger partial charge in [-0.3, -0.25) is 0 Å². The van der Waals surface area contributed by atoms with Crippen LogP contribution >= 0.6 is 0 Å². The Bertz CT molecular complexity index is 282. The SMILES string of the molecule is CCC(C)C(C)C(C)CCC(C)C(CC)C1C(C)C1CC. The summed E-state index contributed by atoms with van der Waals surface area (Å²) in [6, 6.07) is 0. The Morgan fingerprint density at radius 3 is 1.76 bits per heavy atom. The van der Waals surface area contributed by atoms with E-state index < -0.39 is 0 Å². The minimum atomic E-state index is 0.880. The van der Waals surface area contributed by atoms with Gasteiger partial charge in [-0.25, -0.2) is 0 Å². The van der Waals surface area contributed by atoms with Crippen LogP contribution in [0.4, 0.5) is 0 Å². The van der Waals surface area contributed by atoms with E-state index in [-0.39, 0.29) is 0 Å². The third-order valence-electron chi connectivity index (χ3n) is 7.32. The van der Waals surface area contributed by atoms with Crippen molar-refractivity contribution in [1.82, 2.24) is 0 Å². The lowest BCUT2D eigenvalue weighted by atomic mass is 9.77. The summed E-state index contributed by atoms with van der Waals surface area (Å²) in [5.41, 5.74) is 0. The summed E-state index contributed by atoms with van der Waals surface area (Å²) < 4.78 is 0. The molecule has 1 aliphatic carbocycles. The van der Waals surface area contributed by atoms with Gasteiger partial charge in [-0.1, -0.05) is 87.5 Å². The van der Waals surface area contributed by atoms with Crippen LogP contribution < -0.4 is 0 Å². The lowest BCUT2D eigenvalue weighted by molar-refractivity contribution is 0.215. The summed E-state index contributed by atoms with van der Waals surface area (Å²) in [7, 11) is 0. The van der Waals surface area contributed by atoms with Gasteiger partial charge >= 0.3 is 0 Å². The minimum Gasteiger partial charge on any atom is -0.0651 e. The molecule has 126 valence electrons. The van der Waals surface area contributed by atoms with Crippen molar-refractivity contribution in [3.05, 3.63) is 0 Å². The molecular weight excluding hydrogens is 252 g/mol. The molecule has 8 atom stereocenters. The van der Waals surface area contributed by atoms with E-state index in [9.17, 15) is 0 Å². The van der Waals surface area contributed by atoms with Gasteiger partial charge in [-0.05, 0) is 47.3 Å². The molecule has 1 rings (SSSR count). The van der Waals surface area contributed by atoms with E-state index in [1.165, 1.54) is 32.1 Å². The molecule has 1 saturated carbocycles. The quantitative estimate of drug-likeness (QED) is 0.405. The lowest BCUT2D eigenvalue weighted by Crippen LogP contribution is -2.20. The van der Waals surface area contributed by atoms with E-state index in [1.54, 1.807) is 0 Å². The molecule has 0 aromatic heterocycles. The molecule has 21 heavy (non-hydrogen) atoms. The summed E-state index contributed by atoms with van der Waals surface area (Å²) in [6.07, 6.45) is 7.00. The first-order valence-electron chi connectivity index (χ1n) is 9.88. The summed E-state index contributed by atoms with van der Waals surface area (Å²) >= 11 is 0. The number of hydrogen-bond donors (Lipinski definition) is 0. The van der Waals surface area contributed by atoms with Crippen molar-refractivity contribution in [2.45, 2.75) is 87.5 Å².